The van der Waals surface area contributed by atoms with Crippen LogP contribution in [0.15, 0.2) is 21.5 Å². The summed E-state index contributed by atoms with van der Waals surface area (Å²) < 4.78 is 145. The number of ether oxygens (including phenoxy) is 11. The smallest absolute Gasteiger partial charge is 0.313 e. The number of hydrogen-bond donors (Lipinski definition) is 3. The second kappa shape index (κ2) is 33.9. The number of thiophene rings is 1. The number of carbonyl (C=O) groups is 2. The summed E-state index contributed by atoms with van der Waals surface area (Å²) in [5.41, 5.74) is 7.62. The molecule has 71 heavy (non-hydrogen) atoms. The first-order valence-electron chi connectivity index (χ1n) is 23.3. The average molecular weight is 1060 g/mol. The molecule has 1 amide bonds. The predicted octanol–water partition coefficient (Wildman–Crippen LogP) is 3.49. The van der Waals surface area contributed by atoms with Gasteiger partial charge in [-0.25, -0.2) is 13.8 Å². The van der Waals surface area contributed by atoms with E-state index in [9.17, 15) is 35.6 Å². The second-order valence-electron chi connectivity index (χ2n) is 15.7. The van der Waals surface area contributed by atoms with Crippen LogP contribution in [-0.2, 0) is 73.5 Å². The molecule has 2 aromatic rings. The highest BCUT2D eigenvalue weighted by Crippen LogP contribution is 2.37. The van der Waals surface area contributed by atoms with E-state index in [2.05, 4.69) is 26.0 Å². The minimum Gasteiger partial charge on any atom is -0.420 e. The first kappa shape index (κ1) is 59.8. The van der Waals surface area contributed by atoms with E-state index < -0.39 is 56.4 Å². The van der Waals surface area contributed by atoms with E-state index in [1.807, 2.05) is 13.0 Å². The summed E-state index contributed by atoms with van der Waals surface area (Å²) in [6, 6.07) is 2.11. The quantitative estimate of drug-likeness (QED) is 0.0216. The van der Waals surface area contributed by atoms with Gasteiger partial charge in [0, 0.05) is 43.1 Å². The maximum atomic E-state index is 14.0. The van der Waals surface area contributed by atoms with Crippen LogP contribution in [0, 0.1) is 29.2 Å². The van der Waals surface area contributed by atoms with Crippen molar-refractivity contribution in [3.05, 3.63) is 44.7 Å². The minimum absolute atomic E-state index is 0.0259. The fraction of sp³-hybridized carbons (Fsp3) is 0.667. The molecule has 0 spiro atoms. The van der Waals surface area contributed by atoms with E-state index in [1.54, 1.807) is 11.3 Å². The number of benzene rings is 1. The number of nitrogens with one attached hydrogen (secondary N) is 1. The molecule has 0 unspecified atom stereocenters. The van der Waals surface area contributed by atoms with Crippen LogP contribution in [0.5, 0.6) is 5.75 Å². The number of carbonyl (C=O) groups excluding carboxylic acids is 2. The van der Waals surface area contributed by atoms with E-state index in [0.717, 1.165) is 43.0 Å². The zero-order valence-electron chi connectivity index (χ0n) is 39.9. The Morgan fingerprint density at radius 2 is 1.15 bits per heavy atom. The topological polar surface area (TPSA) is 244 Å². The highest BCUT2D eigenvalue weighted by molar-refractivity contribution is 7.85. The lowest BCUT2D eigenvalue weighted by molar-refractivity contribution is -0.136. The van der Waals surface area contributed by atoms with Gasteiger partial charge in [-0.2, -0.15) is 17.2 Å². The molecule has 1 fully saturated rings. The number of fused-ring (bicyclic) bond motifs is 1. The Labute approximate surface area is 415 Å². The van der Waals surface area contributed by atoms with Gasteiger partial charge in [-0.1, -0.05) is 6.92 Å². The molecule has 0 atom stereocenters. The van der Waals surface area contributed by atoms with Crippen LogP contribution in [0.2, 0.25) is 0 Å². The SMILES string of the molecule is CCCNC(=O)C1=Cc2sc(CC3CN(CCOCCOCCOCCOCCOCCOCCOCCOCCOCCOCCC(=O)Oc4c(F)c(F)c(S(=O)(=O)O)c(F)c4F)C3)cc2N=C(N)C1. The summed E-state index contributed by atoms with van der Waals surface area (Å²) in [4.78, 5) is 31.3. The van der Waals surface area contributed by atoms with Crippen LogP contribution >= 0.6 is 11.3 Å². The van der Waals surface area contributed by atoms with Crippen molar-refractivity contribution < 1.29 is 92.2 Å². The van der Waals surface area contributed by atoms with Crippen LogP contribution in [0.4, 0.5) is 23.2 Å². The van der Waals surface area contributed by atoms with Gasteiger partial charge in [-0.05, 0) is 30.9 Å². The zero-order chi connectivity index (χ0) is 51.3. The summed E-state index contributed by atoms with van der Waals surface area (Å²) in [6.07, 6.45) is 3.57. The lowest BCUT2D eigenvalue weighted by Gasteiger charge is -2.39. The molecular weight excluding hydrogens is 993 g/mol. The molecule has 2 aliphatic heterocycles. The first-order valence-corrected chi connectivity index (χ1v) is 25.5. The highest BCUT2D eigenvalue weighted by Gasteiger charge is 2.34. The van der Waals surface area contributed by atoms with E-state index in [4.69, 9.17) is 57.7 Å². The molecule has 0 aliphatic carbocycles. The van der Waals surface area contributed by atoms with Gasteiger partial charge >= 0.3 is 16.1 Å². The van der Waals surface area contributed by atoms with Crippen molar-refractivity contribution in [3.8, 4) is 5.75 Å². The van der Waals surface area contributed by atoms with E-state index in [0.29, 0.717) is 129 Å². The molecule has 1 aromatic carbocycles. The zero-order valence-corrected chi connectivity index (χ0v) is 41.5. The Kier molecular flexibility index (Phi) is 28.5. The Morgan fingerprint density at radius 3 is 1.59 bits per heavy atom. The number of halogens is 4. The molecular formula is C45H66F4N4O16S2. The number of nitrogens with two attached hydrogens (primary N) is 1. The van der Waals surface area contributed by atoms with Gasteiger partial charge in [-0.3, -0.25) is 14.1 Å². The maximum Gasteiger partial charge on any atom is 0.313 e. The van der Waals surface area contributed by atoms with Gasteiger partial charge < -0.3 is 68.1 Å². The highest BCUT2D eigenvalue weighted by atomic mass is 32.2. The van der Waals surface area contributed by atoms with Crippen molar-refractivity contribution in [2.75, 3.05) is 158 Å². The van der Waals surface area contributed by atoms with Crippen LogP contribution in [-0.4, -0.2) is 194 Å². The molecule has 0 radical (unpaired) electrons. The Morgan fingerprint density at radius 1 is 0.718 bits per heavy atom. The molecule has 1 aromatic heterocycles. The van der Waals surface area contributed by atoms with Crippen molar-refractivity contribution in [1.82, 2.24) is 10.2 Å². The number of likely N-dealkylation sites (tertiary alicyclic amines) is 1. The third kappa shape index (κ3) is 22.9. The number of hydrogen-bond acceptors (Lipinski definition) is 19. The number of amidine groups is 1. The normalized spacial score (nSPS) is 14.2. The minimum atomic E-state index is -5.64. The number of esters is 1. The largest absolute Gasteiger partial charge is 0.420 e. The van der Waals surface area contributed by atoms with Crippen molar-refractivity contribution in [2.45, 2.75) is 37.5 Å². The molecule has 0 bridgehead atoms. The van der Waals surface area contributed by atoms with E-state index >= 15 is 0 Å². The summed E-state index contributed by atoms with van der Waals surface area (Å²) in [6.45, 7) is 12.6. The Hall–Kier alpha value is -3.74. The fourth-order valence-electron chi connectivity index (χ4n) is 6.61. The summed E-state index contributed by atoms with van der Waals surface area (Å²) in [5, 5.41) is 2.93. The predicted molar refractivity (Wildman–Crippen MR) is 250 cm³/mol. The van der Waals surface area contributed by atoms with E-state index in [-0.39, 0.29) is 38.9 Å². The van der Waals surface area contributed by atoms with Crippen LogP contribution in [0.3, 0.4) is 0 Å². The molecule has 4 rings (SSSR count). The van der Waals surface area contributed by atoms with Gasteiger partial charge in [0.25, 0.3) is 0 Å². The van der Waals surface area contributed by atoms with Gasteiger partial charge in [0.05, 0.1) is 149 Å². The van der Waals surface area contributed by atoms with E-state index in [1.165, 1.54) is 4.88 Å². The van der Waals surface area contributed by atoms with Gasteiger partial charge in [0.1, 0.15) is 5.84 Å². The molecule has 402 valence electrons. The van der Waals surface area contributed by atoms with Gasteiger partial charge in [0.15, 0.2) is 16.5 Å². The maximum absolute atomic E-state index is 14.0. The van der Waals surface area contributed by atoms with Crippen molar-refractivity contribution in [1.29, 1.82) is 0 Å². The lowest BCUT2D eigenvalue weighted by Crippen LogP contribution is -2.48. The molecule has 0 saturated carbocycles. The average Bonchev–Trinajstić information content (AvgIpc) is 3.61. The molecule has 1 saturated heterocycles. The molecule has 3 heterocycles. The summed E-state index contributed by atoms with van der Waals surface area (Å²) >= 11 is 1.69. The fourth-order valence-corrected chi connectivity index (χ4v) is 8.42. The monoisotopic (exact) mass is 1060 g/mol. The Bertz CT molecular complexity index is 2070. The number of aliphatic imine (C=N–C) groups is 1. The molecule has 4 N–H and O–H groups in total. The molecule has 20 nitrogen and oxygen atoms in total. The molecule has 2 aliphatic rings. The Balaban J connectivity index is 0.813. The number of amides is 1. The first-order chi connectivity index (χ1) is 34.3. The van der Waals surface area contributed by atoms with Crippen molar-refractivity contribution >= 4 is 50.9 Å². The van der Waals surface area contributed by atoms with Crippen LogP contribution in [0.1, 0.15) is 35.9 Å². The van der Waals surface area contributed by atoms with Crippen LogP contribution < -0.4 is 15.8 Å². The second-order valence-corrected chi connectivity index (χ2v) is 18.3. The number of nitrogens with zero attached hydrogens (tertiary/aromatic N) is 2. The standard InChI is InChI=1S/C45H66F4N4O16S2/c1-2-4-51-45(55)33-27-36-35(52-37(50)28-33)29-34(70-36)26-32-30-53(31-32)5-7-60-9-11-62-13-15-64-17-19-66-21-23-68-25-24-67-22-20-65-18-16-63-14-12-61-10-8-59-6-3-38(54)69-43-39(46)41(48)44(71(56,57)58)42(49)40(43)47/h27,29,32H,2-26,28,30-31H2,1H3,(H2,50,52)(H,51,55)(H,56,57,58). The third-order valence-electron chi connectivity index (χ3n) is 10.1. The molecule has 26 heteroatoms. The van der Waals surface area contributed by atoms with Crippen LogP contribution in [0.25, 0.3) is 6.08 Å². The van der Waals surface area contributed by atoms with Crippen molar-refractivity contribution in [2.24, 2.45) is 16.6 Å². The summed E-state index contributed by atoms with van der Waals surface area (Å²) in [7, 11) is -5.64. The van der Waals surface area contributed by atoms with Crippen molar-refractivity contribution in [3.63, 3.8) is 0 Å². The lowest BCUT2D eigenvalue weighted by atomic mass is 9.95. The van der Waals surface area contributed by atoms with Gasteiger partial charge in [0.2, 0.25) is 23.3 Å². The summed E-state index contributed by atoms with van der Waals surface area (Å²) in [5.74, 6) is -11.7. The van der Waals surface area contributed by atoms with Gasteiger partial charge in [-0.15, -0.1) is 11.3 Å². The third-order valence-corrected chi connectivity index (χ3v) is 12.1. The number of rotatable bonds is 40.